The lowest BCUT2D eigenvalue weighted by Gasteiger charge is -2.10. The van der Waals surface area contributed by atoms with Crippen molar-refractivity contribution in [2.45, 2.75) is 13.0 Å². The molecule has 0 saturated carbocycles. The number of nitrogens with two attached hydrogens (primary N) is 1. The number of hydrogen-bond acceptors (Lipinski definition) is 5. The summed E-state index contributed by atoms with van der Waals surface area (Å²) < 4.78 is 5.65. The number of amides is 1. The van der Waals surface area contributed by atoms with Crippen molar-refractivity contribution in [3.8, 4) is 5.75 Å². The molecular formula is C11H11N3O2S. The number of para-hydroxylation sites is 1. The molecule has 17 heavy (non-hydrogen) atoms. The van der Waals surface area contributed by atoms with E-state index >= 15 is 0 Å². The summed E-state index contributed by atoms with van der Waals surface area (Å²) in [4.78, 5) is 10.9. The van der Waals surface area contributed by atoms with Gasteiger partial charge < -0.3 is 10.5 Å². The molecule has 6 heteroatoms. The van der Waals surface area contributed by atoms with Gasteiger partial charge >= 0.3 is 0 Å². The Morgan fingerprint density at radius 2 is 2.06 bits per heavy atom. The highest BCUT2D eigenvalue weighted by molar-refractivity contribution is 7.13. The third kappa shape index (κ3) is 2.79. The number of hydrogen-bond donors (Lipinski definition) is 1. The number of primary amides is 1. The molecule has 1 aromatic carbocycles. The fourth-order valence-electron chi connectivity index (χ4n) is 1.25. The van der Waals surface area contributed by atoms with E-state index in [0.717, 1.165) is 17.1 Å². The third-order valence-corrected chi connectivity index (χ3v) is 3.15. The molecule has 88 valence electrons. The van der Waals surface area contributed by atoms with Gasteiger partial charge in [-0.25, -0.2) is 0 Å². The van der Waals surface area contributed by atoms with Crippen LogP contribution in [-0.2, 0) is 0 Å². The van der Waals surface area contributed by atoms with Crippen LogP contribution in [0.3, 0.4) is 0 Å². The van der Waals surface area contributed by atoms with Gasteiger partial charge in [-0.1, -0.05) is 29.5 Å². The van der Waals surface area contributed by atoms with Gasteiger partial charge in [0.2, 0.25) is 5.01 Å². The number of carbonyl (C=O) groups is 1. The van der Waals surface area contributed by atoms with Crippen LogP contribution in [0.1, 0.15) is 27.8 Å². The summed E-state index contributed by atoms with van der Waals surface area (Å²) in [6.45, 7) is 1.85. The largest absolute Gasteiger partial charge is 0.483 e. The van der Waals surface area contributed by atoms with Crippen LogP contribution in [0.2, 0.25) is 0 Å². The second kappa shape index (κ2) is 4.92. The van der Waals surface area contributed by atoms with Crippen LogP contribution >= 0.6 is 11.3 Å². The number of benzene rings is 1. The van der Waals surface area contributed by atoms with Gasteiger partial charge in [0.05, 0.1) is 0 Å². The molecule has 1 unspecified atom stereocenters. The topological polar surface area (TPSA) is 78.1 Å². The summed E-state index contributed by atoms with van der Waals surface area (Å²) in [6, 6.07) is 9.39. The maximum atomic E-state index is 10.9. The zero-order valence-electron chi connectivity index (χ0n) is 9.16. The average Bonchev–Trinajstić information content (AvgIpc) is 2.79. The molecule has 2 N–H and O–H groups in total. The van der Waals surface area contributed by atoms with Gasteiger partial charge in [0, 0.05) is 0 Å². The molecule has 0 aliphatic rings. The number of nitrogens with zero attached hydrogens (tertiary/aromatic N) is 2. The van der Waals surface area contributed by atoms with Crippen LogP contribution in [0.5, 0.6) is 5.75 Å². The minimum absolute atomic E-state index is 0.198. The Morgan fingerprint density at radius 1 is 1.35 bits per heavy atom. The molecule has 1 aromatic heterocycles. The molecule has 2 aromatic rings. The first-order chi connectivity index (χ1) is 8.16. The number of aromatic nitrogens is 2. The zero-order valence-corrected chi connectivity index (χ0v) is 9.98. The first-order valence-corrected chi connectivity index (χ1v) is 5.83. The quantitative estimate of drug-likeness (QED) is 0.895. The smallest absolute Gasteiger partial charge is 0.279 e. The second-order valence-corrected chi connectivity index (χ2v) is 4.39. The normalized spacial score (nSPS) is 12.1. The highest BCUT2D eigenvalue weighted by Crippen LogP contribution is 2.23. The fourth-order valence-corrected chi connectivity index (χ4v) is 1.93. The number of carbonyl (C=O) groups excluding carboxylic acids is 1. The Kier molecular flexibility index (Phi) is 3.34. The van der Waals surface area contributed by atoms with E-state index in [4.69, 9.17) is 10.5 Å². The standard InChI is InChI=1S/C11H11N3O2S/c1-7(16-8-5-3-2-4-6-8)10-13-14-11(17-10)9(12)15/h2-7H,1H3,(H2,12,15). The highest BCUT2D eigenvalue weighted by Gasteiger charge is 2.15. The predicted molar refractivity (Wildman–Crippen MR) is 63.9 cm³/mol. The number of ether oxygens (including phenoxy) is 1. The van der Waals surface area contributed by atoms with Gasteiger partial charge in [-0.3, -0.25) is 4.79 Å². The Hall–Kier alpha value is -1.95. The predicted octanol–water partition coefficient (Wildman–Crippen LogP) is 1.78. The van der Waals surface area contributed by atoms with Gasteiger partial charge in [-0.05, 0) is 19.1 Å². The van der Waals surface area contributed by atoms with E-state index in [0.29, 0.717) is 5.01 Å². The minimum atomic E-state index is -0.569. The maximum absolute atomic E-state index is 10.9. The van der Waals surface area contributed by atoms with E-state index in [2.05, 4.69) is 10.2 Å². The molecule has 0 aliphatic heterocycles. The first-order valence-electron chi connectivity index (χ1n) is 5.01. The molecule has 0 aliphatic carbocycles. The van der Waals surface area contributed by atoms with E-state index in [9.17, 15) is 4.79 Å². The summed E-state index contributed by atoms with van der Waals surface area (Å²) in [7, 11) is 0. The van der Waals surface area contributed by atoms with Crippen molar-refractivity contribution in [2.24, 2.45) is 5.73 Å². The summed E-state index contributed by atoms with van der Waals surface area (Å²) >= 11 is 1.15. The third-order valence-electron chi connectivity index (χ3n) is 2.06. The van der Waals surface area contributed by atoms with Crippen LogP contribution in [0, 0.1) is 0 Å². The zero-order chi connectivity index (χ0) is 12.3. The van der Waals surface area contributed by atoms with E-state index in [1.807, 2.05) is 37.3 Å². The lowest BCUT2D eigenvalue weighted by atomic mass is 10.3. The summed E-state index contributed by atoms with van der Waals surface area (Å²) in [5.41, 5.74) is 5.11. The fraction of sp³-hybridized carbons (Fsp3) is 0.182. The van der Waals surface area contributed by atoms with E-state index < -0.39 is 5.91 Å². The monoisotopic (exact) mass is 249 g/mol. The van der Waals surface area contributed by atoms with Gasteiger partial charge in [0.25, 0.3) is 5.91 Å². The van der Waals surface area contributed by atoms with Crippen LogP contribution < -0.4 is 10.5 Å². The SMILES string of the molecule is CC(Oc1ccccc1)c1nnc(C(N)=O)s1. The highest BCUT2D eigenvalue weighted by atomic mass is 32.1. The molecule has 5 nitrogen and oxygen atoms in total. The first kappa shape index (κ1) is 11.5. The molecule has 1 atom stereocenters. The van der Waals surface area contributed by atoms with Crippen LogP contribution in [0.25, 0.3) is 0 Å². The van der Waals surface area contributed by atoms with Crippen molar-refractivity contribution < 1.29 is 9.53 Å². The molecule has 0 fully saturated rings. The molecule has 0 saturated heterocycles. The molecule has 0 bridgehead atoms. The molecule has 1 amide bonds. The van der Waals surface area contributed by atoms with Crippen molar-refractivity contribution in [1.82, 2.24) is 10.2 Å². The average molecular weight is 249 g/mol. The van der Waals surface area contributed by atoms with Gasteiger partial charge in [-0.2, -0.15) is 0 Å². The van der Waals surface area contributed by atoms with Crippen LogP contribution in [0.4, 0.5) is 0 Å². The van der Waals surface area contributed by atoms with Gasteiger partial charge in [-0.15, -0.1) is 10.2 Å². The van der Waals surface area contributed by atoms with Crippen molar-refractivity contribution >= 4 is 17.2 Å². The van der Waals surface area contributed by atoms with Gasteiger partial charge in [0.15, 0.2) is 5.01 Å². The Morgan fingerprint density at radius 3 is 2.65 bits per heavy atom. The molecule has 2 rings (SSSR count). The second-order valence-electron chi connectivity index (χ2n) is 3.38. The molecule has 0 radical (unpaired) electrons. The van der Waals surface area contributed by atoms with Crippen molar-refractivity contribution in [2.75, 3.05) is 0 Å². The minimum Gasteiger partial charge on any atom is -0.483 e. The Bertz CT molecular complexity index is 512. The maximum Gasteiger partial charge on any atom is 0.279 e. The van der Waals surface area contributed by atoms with E-state index in [1.54, 1.807) is 0 Å². The van der Waals surface area contributed by atoms with Crippen molar-refractivity contribution in [3.05, 3.63) is 40.3 Å². The van der Waals surface area contributed by atoms with Crippen molar-refractivity contribution in [1.29, 1.82) is 0 Å². The Labute approximate surface area is 102 Å². The summed E-state index contributed by atoms with van der Waals surface area (Å²) in [6.07, 6.45) is -0.261. The van der Waals surface area contributed by atoms with Crippen LogP contribution in [0.15, 0.2) is 30.3 Å². The number of rotatable bonds is 4. The lowest BCUT2D eigenvalue weighted by molar-refractivity contribution is 0.0999. The van der Waals surface area contributed by atoms with Gasteiger partial charge in [0.1, 0.15) is 11.9 Å². The van der Waals surface area contributed by atoms with E-state index in [-0.39, 0.29) is 11.1 Å². The van der Waals surface area contributed by atoms with E-state index in [1.165, 1.54) is 0 Å². The summed E-state index contributed by atoms with van der Waals surface area (Å²) in [5.74, 6) is 0.177. The van der Waals surface area contributed by atoms with Crippen molar-refractivity contribution in [3.63, 3.8) is 0 Å². The lowest BCUT2D eigenvalue weighted by Crippen LogP contribution is -2.10. The molecule has 0 spiro atoms. The summed E-state index contributed by atoms with van der Waals surface area (Å²) in [5, 5.41) is 8.39. The molecule has 1 heterocycles. The Balaban J connectivity index is 2.09. The molecular weight excluding hydrogens is 238 g/mol. The van der Waals surface area contributed by atoms with Crippen LogP contribution in [-0.4, -0.2) is 16.1 Å².